The van der Waals surface area contributed by atoms with Gasteiger partial charge in [-0.3, -0.25) is 11.3 Å². The van der Waals surface area contributed by atoms with Crippen molar-refractivity contribution in [2.75, 3.05) is 6.61 Å². The molecule has 0 aliphatic heterocycles. The van der Waals surface area contributed by atoms with E-state index in [1.807, 2.05) is 19.1 Å². The zero-order valence-electron chi connectivity index (χ0n) is 12.1. The Balaban J connectivity index is 2.07. The quantitative estimate of drug-likeness (QED) is 0.631. The molecule has 0 saturated heterocycles. The van der Waals surface area contributed by atoms with Gasteiger partial charge >= 0.3 is 0 Å². The predicted molar refractivity (Wildman–Crippen MR) is 78.8 cm³/mol. The Bertz CT molecular complexity index is 377. The highest BCUT2D eigenvalue weighted by Gasteiger charge is 2.27. The van der Waals surface area contributed by atoms with E-state index in [1.165, 1.54) is 31.2 Å². The number of hydrogen-bond acceptors (Lipinski definition) is 3. The van der Waals surface area contributed by atoms with Crippen LogP contribution in [-0.4, -0.2) is 6.61 Å². The van der Waals surface area contributed by atoms with E-state index in [0.29, 0.717) is 12.5 Å². The molecule has 3 nitrogen and oxygen atoms in total. The predicted octanol–water partition coefficient (Wildman–Crippen LogP) is 3.42. The summed E-state index contributed by atoms with van der Waals surface area (Å²) >= 11 is 0. The molecule has 3 unspecified atom stereocenters. The largest absolute Gasteiger partial charge is 0.494 e. The summed E-state index contributed by atoms with van der Waals surface area (Å²) in [5.41, 5.74) is 4.29. The Morgan fingerprint density at radius 1 is 1.32 bits per heavy atom. The van der Waals surface area contributed by atoms with Gasteiger partial charge in [0.25, 0.3) is 0 Å². The van der Waals surface area contributed by atoms with Gasteiger partial charge in [0.15, 0.2) is 0 Å². The molecule has 0 aromatic heterocycles. The average Bonchev–Trinajstić information content (AvgIpc) is 2.42. The van der Waals surface area contributed by atoms with E-state index in [-0.39, 0.29) is 6.04 Å². The highest BCUT2D eigenvalue weighted by atomic mass is 16.5. The molecule has 1 saturated carbocycles. The van der Waals surface area contributed by atoms with Crippen LogP contribution in [0.3, 0.4) is 0 Å². The minimum Gasteiger partial charge on any atom is -0.494 e. The first-order valence-corrected chi connectivity index (χ1v) is 7.43. The van der Waals surface area contributed by atoms with Crippen LogP contribution in [0, 0.1) is 11.8 Å². The zero-order chi connectivity index (χ0) is 13.7. The third kappa shape index (κ3) is 3.71. The molecule has 1 aromatic carbocycles. The normalized spacial score (nSPS) is 25.0. The topological polar surface area (TPSA) is 47.3 Å². The van der Waals surface area contributed by atoms with Gasteiger partial charge in [-0.1, -0.05) is 31.9 Å². The van der Waals surface area contributed by atoms with Crippen LogP contribution < -0.4 is 16.0 Å². The lowest BCUT2D eigenvalue weighted by Crippen LogP contribution is -2.35. The zero-order valence-corrected chi connectivity index (χ0v) is 12.1. The van der Waals surface area contributed by atoms with E-state index in [9.17, 15) is 0 Å². The van der Waals surface area contributed by atoms with Crippen molar-refractivity contribution in [1.29, 1.82) is 0 Å². The molecule has 3 N–H and O–H groups in total. The summed E-state index contributed by atoms with van der Waals surface area (Å²) in [4.78, 5) is 0. The van der Waals surface area contributed by atoms with Crippen molar-refractivity contribution in [3.05, 3.63) is 29.8 Å². The maximum absolute atomic E-state index is 5.80. The van der Waals surface area contributed by atoms with E-state index >= 15 is 0 Å². The smallest absolute Gasteiger partial charge is 0.119 e. The number of hydrazine groups is 1. The van der Waals surface area contributed by atoms with Crippen molar-refractivity contribution >= 4 is 0 Å². The van der Waals surface area contributed by atoms with Gasteiger partial charge in [-0.2, -0.15) is 0 Å². The van der Waals surface area contributed by atoms with Gasteiger partial charge in [0.05, 0.1) is 6.61 Å². The molecule has 0 bridgehead atoms. The number of nitrogens with two attached hydrogens (primary N) is 1. The molecule has 3 heteroatoms. The Morgan fingerprint density at radius 2 is 2.05 bits per heavy atom. The molecular weight excluding hydrogens is 236 g/mol. The Hall–Kier alpha value is -1.06. The Kier molecular flexibility index (Phi) is 5.23. The van der Waals surface area contributed by atoms with Gasteiger partial charge in [-0.05, 0) is 49.3 Å². The van der Waals surface area contributed by atoms with Crippen molar-refractivity contribution in [2.45, 2.75) is 45.6 Å². The molecular formula is C16H26N2O. The van der Waals surface area contributed by atoms with Gasteiger partial charge in [0.1, 0.15) is 5.75 Å². The maximum atomic E-state index is 5.80. The first kappa shape index (κ1) is 14.4. The van der Waals surface area contributed by atoms with Crippen LogP contribution in [0.25, 0.3) is 0 Å². The monoisotopic (exact) mass is 262 g/mol. The van der Waals surface area contributed by atoms with Crippen molar-refractivity contribution in [2.24, 2.45) is 17.7 Å². The van der Waals surface area contributed by atoms with E-state index in [2.05, 4.69) is 24.5 Å². The van der Waals surface area contributed by atoms with Crippen LogP contribution in [0.4, 0.5) is 0 Å². The Labute approximate surface area is 116 Å². The summed E-state index contributed by atoms with van der Waals surface area (Å²) in [6.07, 6.45) is 5.21. The first-order chi connectivity index (χ1) is 9.24. The lowest BCUT2D eigenvalue weighted by molar-refractivity contribution is 0.224. The molecule has 1 aliphatic carbocycles. The minimum atomic E-state index is 0.262. The lowest BCUT2D eigenvalue weighted by Gasteiger charge is -2.33. The second kappa shape index (κ2) is 6.92. The van der Waals surface area contributed by atoms with Gasteiger partial charge in [-0.15, -0.1) is 0 Å². The van der Waals surface area contributed by atoms with Gasteiger partial charge in [0, 0.05) is 6.04 Å². The van der Waals surface area contributed by atoms with Crippen molar-refractivity contribution in [3.63, 3.8) is 0 Å². The van der Waals surface area contributed by atoms with Crippen molar-refractivity contribution in [1.82, 2.24) is 5.43 Å². The van der Waals surface area contributed by atoms with Crippen LogP contribution in [0.5, 0.6) is 5.75 Å². The minimum absolute atomic E-state index is 0.262. The molecule has 3 atom stereocenters. The Morgan fingerprint density at radius 3 is 2.63 bits per heavy atom. The molecule has 0 spiro atoms. The maximum Gasteiger partial charge on any atom is 0.119 e. The van der Waals surface area contributed by atoms with Gasteiger partial charge in [-0.25, -0.2) is 0 Å². The summed E-state index contributed by atoms with van der Waals surface area (Å²) in [7, 11) is 0. The number of ether oxygens (including phenoxy) is 1. The summed E-state index contributed by atoms with van der Waals surface area (Å²) < 4.78 is 5.49. The van der Waals surface area contributed by atoms with Crippen LogP contribution in [0.1, 0.15) is 51.1 Å². The van der Waals surface area contributed by atoms with Crippen molar-refractivity contribution in [3.8, 4) is 5.75 Å². The van der Waals surface area contributed by atoms with E-state index in [1.54, 1.807) is 0 Å². The van der Waals surface area contributed by atoms with Gasteiger partial charge < -0.3 is 4.74 Å². The number of benzene rings is 1. The van der Waals surface area contributed by atoms with Crippen LogP contribution >= 0.6 is 0 Å². The van der Waals surface area contributed by atoms with Crippen LogP contribution in [0.15, 0.2) is 24.3 Å². The second-order valence-electron chi connectivity index (χ2n) is 5.68. The van der Waals surface area contributed by atoms with Gasteiger partial charge in [0.2, 0.25) is 0 Å². The second-order valence-corrected chi connectivity index (χ2v) is 5.68. The standard InChI is InChI=1S/C16H26N2O/c1-3-19-15-9-7-13(8-10-15)16(18-17)14-6-4-5-12(2)11-14/h7-10,12,14,16,18H,3-6,11,17H2,1-2H3. The molecule has 106 valence electrons. The average molecular weight is 262 g/mol. The lowest BCUT2D eigenvalue weighted by atomic mass is 9.77. The molecule has 0 radical (unpaired) electrons. The highest BCUT2D eigenvalue weighted by Crippen LogP contribution is 2.37. The van der Waals surface area contributed by atoms with E-state index < -0.39 is 0 Å². The molecule has 1 fully saturated rings. The van der Waals surface area contributed by atoms with Crippen LogP contribution in [-0.2, 0) is 0 Å². The summed E-state index contributed by atoms with van der Waals surface area (Å²) in [6, 6.07) is 8.60. The van der Waals surface area contributed by atoms with Crippen LogP contribution in [0.2, 0.25) is 0 Å². The number of hydrogen-bond donors (Lipinski definition) is 2. The fraction of sp³-hybridized carbons (Fsp3) is 0.625. The highest BCUT2D eigenvalue weighted by molar-refractivity contribution is 5.29. The molecule has 1 aliphatic rings. The number of rotatable bonds is 5. The molecule has 19 heavy (non-hydrogen) atoms. The molecule has 2 rings (SSSR count). The first-order valence-electron chi connectivity index (χ1n) is 7.43. The molecule has 0 amide bonds. The third-order valence-electron chi connectivity index (χ3n) is 4.18. The molecule has 1 aromatic rings. The summed E-state index contributed by atoms with van der Waals surface area (Å²) in [5.74, 6) is 8.19. The fourth-order valence-electron chi connectivity index (χ4n) is 3.23. The van der Waals surface area contributed by atoms with Crippen molar-refractivity contribution < 1.29 is 4.74 Å². The third-order valence-corrected chi connectivity index (χ3v) is 4.18. The number of nitrogens with one attached hydrogen (secondary N) is 1. The molecule has 0 heterocycles. The fourth-order valence-corrected chi connectivity index (χ4v) is 3.23. The van der Waals surface area contributed by atoms with E-state index in [0.717, 1.165) is 11.7 Å². The summed E-state index contributed by atoms with van der Waals surface area (Å²) in [6.45, 7) is 5.05. The van der Waals surface area contributed by atoms with E-state index in [4.69, 9.17) is 10.6 Å². The summed E-state index contributed by atoms with van der Waals surface area (Å²) in [5, 5.41) is 0. The SMILES string of the molecule is CCOc1ccc(C(NN)C2CCCC(C)C2)cc1.